The molecule has 4 N–H and O–H groups in total. The van der Waals surface area contributed by atoms with Gasteiger partial charge in [0.1, 0.15) is 0 Å². The number of hydrogen-bond acceptors (Lipinski definition) is 1. The highest BCUT2D eigenvalue weighted by molar-refractivity contribution is 5.75. The summed E-state index contributed by atoms with van der Waals surface area (Å²) in [5, 5.41) is 0. The number of hydrogen-bond donors (Lipinski definition) is 2. The Balaban J connectivity index is 2.42. The van der Waals surface area contributed by atoms with Crippen LogP contribution in [-0.2, 0) is 6.42 Å². The van der Waals surface area contributed by atoms with Gasteiger partial charge in [-0.2, -0.15) is 0 Å². The van der Waals surface area contributed by atoms with Crippen LogP contribution in [0.2, 0.25) is 0 Å². The Bertz CT molecular complexity index is 350. The van der Waals surface area contributed by atoms with E-state index in [1.807, 2.05) is 0 Å². The molecule has 94 valence electrons. The van der Waals surface area contributed by atoms with E-state index in [4.69, 9.17) is 11.5 Å². The summed E-state index contributed by atoms with van der Waals surface area (Å²) >= 11 is 0. The van der Waals surface area contributed by atoms with Crippen LogP contribution in [0.5, 0.6) is 0 Å². The topological polar surface area (TPSA) is 64.4 Å². The van der Waals surface area contributed by atoms with E-state index in [2.05, 4.69) is 43.1 Å². The predicted molar refractivity (Wildman–Crippen MR) is 74.0 cm³/mol. The second-order valence-corrected chi connectivity index (χ2v) is 4.56. The molecule has 3 heteroatoms. The number of aliphatic imine (C=N–C) groups is 1. The summed E-state index contributed by atoms with van der Waals surface area (Å²) in [6, 6.07) is 8.71. The van der Waals surface area contributed by atoms with Crippen LogP contribution < -0.4 is 11.5 Å². The average Bonchev–Trinajstić information content (AvgIpc) is 2.31. The molecule has 0 aliphatic heterocycles. The van der Waals surface area contributed by atoms with Gasteiger partial charge in [-0.05, 0) is 31.2 Å². The van der Waals surface area contributed by atoms with Gasteiger partial charge in [-0.3, -0.25) is 4.99 Å². The molecular weight excluding hydrogens is 210 g/mol. The monoisotopic (exact) mass is 233 g/mol. The fraction of sp³-hybridized carbons (Fsp3) is 0.500. The Labute approximate surface area is 104 Å². The van der Waals surface area contributed by atoms with Crippen molar-refractivity contribution in [1.29, 1.82) is 0 Å². The van der Waals surface area contributed by atoms with Gasteiger partial charge in [0, 0.05) is 6.54 Å². The molecule has 1 unspecified atom stereocenters. The standard InChI is InChI=1S/C14H23N3/c1-3-12(10-17-14(15)16)8-9-13-6-4-11(2)5-7-13/h4-7,12H,3,8-10H2,1-2H3,(H4,15,16,17). The second-order valence-electron chi connectivity index (χ2n) is 4.56. The van der Waals surface area contributed by atoms with Crippen molar-refractivity contribution in [3.8, 4) is 0 Å². The Morgan fingerprint density at radius 1 is 1.24 bits per heavy atom. The number of benzene rings is 1. The van der Waals surface area contributed by atoms with E-state index < -0.39 is 0 Å². The average molecular weight is 233 g/mol. The van der Waals surface area contributed by atoms with Gasteiger partial charge in [0.15, 0.2) is 5.96 Å². The van der Waals surface area contributed by atoms with Crippen molar-refractivity contribution >= 4 is 5.96 Å². The lowest BCUT2D eigenvalue weighted by Crippen LogP contribution is -2.24. The molecule has 0 spiro atoms. The minimum absolute atomic E-state index is 0.193. The van der Waals surface area contributed by atoms with E-state index in [1.54, 1.807) is 0 Å². The quantitative estimate of drug-likeness (QED) is 0.584. The Kier molecular flexibility index (Phi) is 5.53. The van der Waals surface area contributed by atoms with Crippen LogP contribution in [0.4, 0.5) is 0 Å². The van der Waals surface area contributed by atoms with Crippen LogP contribution in [0.15, 0.2) is 29.3 Å². The number of rotatable bonds is 6. The van der Waals surface area contributed by atoms with Crippen molar-refractivity contribution in [3.63, 3.8) is 0 Å². The Hall–Kier alpha value is -1.51. The predicted octanol–water partition coefficient (Wildman–Crippen LogP) is 2.23. The van der Waals surface area contributed by atoms with Crippen LogP contribution in [-0.4, -0.2) is 12.5 Å². The molecule has 0 heterocycles. The third-order valence-electron chi connectivity index (χ3n) is 3.07. The maximum atomic E-state index is 5.35. The molecule has 17 heavy (non-hydrogen) atoms. The van der Waals surface area contributed by atoms with Crippen molar-refractivity contribution in [2.45, 2.75) is 33.1 Å². The van der Waals surface area contributed by atoms with Crippen molar-refractivity contribution in [2.24, 2.45) is 22.4 Å². The summed E-state index contributed by atoms with van der Waals surface area (Å²) < 4.78 is 0. The van der Waals surface area contributed by atoms with E-state index in [1.165, 1.54) is 11.1 Å². The molecule has 0 fully saturated rings. The number of nitrogens with zero attached hydrogens (tertiary/aromatic N) is 1. The summed E-state index contributed by atoms with van der Waals surface area (Å²) in [7, 11) is 0. The fourth-order valence-corrected chi connectivity index (χ4v) is 1.78. The van der Waals surface area contributed by atoms with E-state index in [0.29, 0.717) is 5.92 Å². The van der Waals surface area contributed by atoms with Gasteiger partial charge in [0.25, 0.3) is 0 Å². The summed E-state index contributed by atoms with van der Waals surface area (Å²) in [6.45, 7) is 5.03. The van der Waals surface area contributed by atoms with Crippen LogP contribution in [0.3, 0.4) is 0 Å². The SMILES string of the molecule is CCC(CCc1ccc(C)cc1)CN=C(N)N. The first-order chi connectivity index (χ1) is 8.11. The minimum Gasteiger partial charge on any atom is -0.370 e. The molecule has 1 atom stereocenters. The van der Waals surface area contributed by atoms with Gasteiger partial charge in [-0.25, -0.2) is 0 Å². The highest BCUT2D eigenvalue weighted by atomic mass is 15.0. The summed E-state index contributed by atoms with van der Waals surface area (Å²) in [4.78, 5) is 4.09. The molecule has 1 rings (SSSR count). The van der Waals surface area contributed by atoms with E-state index >= 15 is 0 Å². The Morgan fingerprint density at radius 2 is 1.88 bits per heavy atom. The molecule has 3 nitrogen and oxygen atoms in total. The maximum absolute atomic E-state index is 5.35. The molecule has 1 aromatic rings. The molecule has 0 radical (unpaired) electrons. The minimum atomic E-state index is 0.193. The first-order valence-electron chi connectivity index (χ1n) is 6.22. The maximum Gasteiger partial charge on any atom is 0.185 e. The Morgan fingerprint density at radius 3 is 2.41 bits per heavy atom. The lowest BCUT2D eigenvalue weighted by atomic mass is 9.97. The molecule has 1 aromatic carbocycles. The largest absolute Gasteiger partial charge is 0.370 e. The lowest BCUT2D eigenvalue weighted by Gasteiger charge is -2.12. The first kappa shape index (κ1) is 13.6. The highest BCUT2D eigenvalue weighted by Gasteiger charge is 2.06. The summed E-state index contributed by atoms with van der Waals surface area (Å²) in [5.74, 6) is 0.761. The van der Waals surface area contributed by atoms with Crippen LogP contribution in [0, 0.1) is 12.8 Å². The molecule has 0 aliphatic carbocycles. The smallest absolute Gasteiger partial charge is 0.185 e. The number of nitrogens with two attached hydrogens (primary N) is 2. The molecule has 0 amide bonds. The molecule has 0 saturated heterocycles. The zero-order chi connectivity index (χ0) is 12.7. The fourth-order valence-electron chi connectivity index (χ4n) is 1.78. The molecule has 0 saturated carbocycles. The van der Waals surface area contributed by atoms with Gasteiger partial charge in [-0.1, -0.05) is 43.2 Å². The summed E-state index contributed by atoms with van der Waals surface area (Å²) in [6.07, 6.45) is 3.35. The highest BCUT2D eigenvalue weighted by Crippen LogP contribution is 2.14. The van der Waals surface area contributed by atoms with E-state index in [-0.39, 0.29) is 5.96 Å². The van der Waals surface area contributed by atoms with Crippen molar-refractivity contribution in [3.05, 3.63) is 35.4 Å². The molecular formula is C14H23N3. The van der Waals surface area contributed by atoms with Crippen molar-refractivity contribution < 1.29 is 0 Å². The molecule has 0 bridgehead atoms. The van der Waals surface area contributed by atoms with Gasteiger partial charge >= 0.3 is 0 Å². The molecule has 0 aromatic heterocycles. The third kappa shape index (κ3) is 5.38. The van der Waals surface area contributed by atoms with Gasteiger partial charge < -0.3 is 11.5 Å². The van der Waals surface area contributed by atoms with Crippen molar-refractivity contribution in [1.82, 2.24) is 0 Å². The lowest BCUT2D eigenvalue weighted by molar-refractivity contribution is 0.482. The zero-order valence-electron chi connectivity index (χ0n) is 10.8. The van der Waals surface area contributed by atoms with E-state index in [0.717, 1.165) is 25.8 Å². The number of aryl methyl sites for hydroxylation is 2. The third-order valence-corrected chi connectivity index (χ3v) is 3.07. The first-order valence-corrected chi connectivity index (χ1v) is 6.22. The summed E-state index contributed by atoms with van der Waals surface area (Å²) in [5.41, 5.74) is 13.4. The van der Waals surface area contributed by atoms with Crippen LogP contribution in [0.25, 0.3) is 0 Å². The van der Waals surface area contributed by atoms with Gasteiger partial charge in [0.2, 0.25) is 0 Å². The second kappa shape index (κ2) is 6.94. The van der Waals surface area contributed by atoms with Crippen molar-refractivity contribution in [2.75, 3.05) is 6.54 Å². The van der Waals surface area contributed by atoms with E-state index in [9.17, 15) is 0 Å². The van der Waals surface area contributed by atoms with Gasteiger partial charge in [-0.15, -0.1) is 0 Å². The van der Waals surface area contributed by atoms with Gasteiger partial charge in [0.05, 0.1) is 0 Å². The number of guanidine groups is 1. The normalized spacial score (nSPS) is 12.1. The van der Waals surface area contributed by atoms with Crippen LogP contribution in [0.1, 0.15) is 30.9 Å². The zero-order valence-corrected chi connectivity index (χ0v) is 10.8. The van der Waals surface area contributed by atoms with Crippen LogP contribution >= 0.6 is 0 Å². The molecule has 0 aliphatic rings.